The van der Waals surface area contributed by atoms with Gasteiger partial charge >= 0.3 is 5.97 Å². The molecule has 5 nitrogen and oxygen atoms in total. The lowest BCUT2D eigenvalue weighted by molar-refractivity contribution is 0.0528. The fourth-order valence-electron chi connectivity index (χ4n) is 1.71. The highest BCUT2D eigenvalue weighted by molar-refractivity contribution is 5.97. The fraction of sp³-hybridized carbons (Fsp3) is 0.333. The molecule has 0 aliphatic carbocycles. The zero-order valence-electron chi connectivity index (χ0n) is 10.1. The lowest BCUT2D eigenvalue weighted by atomic mass is 10.2. The lowest BCUT2D eigenvalue weighted by Gasteiger charge is -2.07. The number of hydrogen-bond donors (Lipinski definition) is 0. The number of carbonyl (C=O) groups excluding carboxylic acids is 1. The number of esters is 1. The second-order valence-electron chi connectivity index (χ2n) is 3.59. The van der Waals surface area contributed by atoms with Crippen molar-refractivity contribution in [3.8, 4) is 5.88 Å². The van der Waals surface area contributed by atoms with Gasteiger partial charge in [-0.25, -0.2) is 4.79 Å². The minimum Gasteiger partial charge on any atom is -0.481 e. The quantitative estimate of drug-likeness (QED) is 0.760. The van der Waals surface area contributed by atoms with Crippen molar-refractivity contribution in [1.29, 1.82) is 0 Å². The molecule has 0 aliphatic heterocycles. The van der Waals surface area contributed by atoms with Crippen LogP contribution in [0.2, 0.25) is 0 Å². The highest BCUT2D eigenvalue weighted by atomic mass is 16.5. The van der Waals surface area contributed by atoms with Crippen molar-refractivity contribution in [3.05, 3.63) is 29.5 Å². The van der Waals surface area contributed by atoms with Gasteiger partial charge < -0.3 is 9.47 Å². The van der Waals surface area contributed by atoms with Gasteiger partial charge in [0, 0.05) is 6.07 Å². The number of hydrogen-bond acceptors (Lipinski definition) is 4. The number of methoxy groups -OCH3 is 1. The van der Waals surface area contributed by atoms with Crippen LogP contribution in [-0.2, 0) is 4.74 Å². The Kier molecular flexibility index (Phi) is 2.99. The summed E-state index contributed by atoms with van der Waals surface area (Å²) in [6.45, 7) is 3.99. The summed E-state index contributed by atoms with van der Waals surface area (Å²) in [6, 6.07) is 5.22. The van der Waals surface area contributed by atoms with Crippen LogP contribution < -0.4 is 4.74 Å². The number of nitrogens with zero attached hydrogens (tertiary/aromatic N) is 2. The first-order valence-electron chi connectivity index (χ1n) is 5.38. The van der Waals surface area contributed by atoms with Crippen molar-refractivity contribution in [1.82, 2.24) is 9.61 Å². The third kappa shape index (κ3) is 1.95. The Hall–Kier alpha value is -2.04. The smallest absolute Gasteiger partial charge is 0.340 e. The molecule has 5 heteroatoms. The third-order valence-electron chi connectivity index (χ3n) is 2.41. The van der Waals surface area contributed by atoms with E-state index in [1.807, 2.05) is 13.0 Å². The highest BCUT2D eigenvalue weighted by Gasteiger charge is 2.15. The van der Waals surface area contributed by atoms with Gasteiger partial charge in [-0.05, 0) is 26.0 Å². The monoisotopic (exact) mass is 234 g/mol. The molecule has 0 atom stereocenters. The summed E-state index contributed by atoms with van der Waals surface area (Å²) in [4.78, 5) is 11.8. The summed E-state index contributed by atoms with van der Waals surface area (Å²) >= 11 is 0. The van der Waals surface area contributed by atoms with Gasteiger partial charge in [-0.15, -0.1) is 0 Å². The molecule has 0 saturated heterocycles. The minimum atomic E-state index is -0.347. The summed E-state index contributed by atoms with van der Waals surface area (Å²) in [5, 5.41) is 4.27. The van der Waals surface area contributed by atoms with Crippen LogP contribution in [0.25, 0.3) is 5.52 Å². The first-order chi connectivity index (χ1) is 8.17. The lowest BCUT2D eigenvalue weighted by Crippen LogP contribution is -2.07. The molecular formula is C12H14N2O3. The number of ether oxygens (including phenoxy) is 2. The van der Waals surface area contributed by atoms with E-state index in [4.69, 9.17) is 9.47 Å². The molecule has 0 saturated carbocycles. The first kappa shape index (κ1) is 11.4. The van der Waals surface area contributed by atoms with Crippen LogP contribution in [0.15, 0.2) is 18.2 Å². The molecule has 0 aromatic carbocycles. The molecular weight excluding hydrogens is 220 g/mol. The molecule has 0 bridgehead atoms. The van der Waals surface area contributed by atoms with Crippen molar-refractivity contribution in [2.75, 3.05) is 13.7 Å². The SMILES string of the molecule is CCOC(=O)c1ccc(OC)n2nc(C)cc12. The highest BCUT2D eigenvalue weighted by Crippen LogP contribution is 2.20. The van der Waals surface area contributed by atoms with E-state index >= 15 is 0 Å². The number of rotatable bonds is 3. The van der Waals surface area contributed by atoms with E-state index in [1.165, 1.54) is 0 Å². The molecule has 17 heavy (non-hydrogen) atoms. The second-order valence-corrected chi connectivity index (χ2v) is 3.59. The Labute approximate surface area is 99.0 Å². The van der Waals surface area contributed by atoms with Crippen molar-refractivity contribution in [3.63, 3.8) is 0 Å². The van der Waals surface area contributed by atoms with Crippen LogP contribution in [0, 0.1) is 6.92 Å². The molecule has 0 aliphatic rings. The maximum Gasteiger partial charge on any atom is 0.340 e. The summed E-state index contributed by atoms with van der Waals surface area (Å²) in [7, 11) is 1.57. The van der Waals surface area contributed by atoms with E-state index in [0.717, 1.165) is 5.69 Å². The Morgan fingerprint density at radius 1 is 1.47 bits per heavy atom. The van der Waals surface area contributed by atoms with Crippen molar-refractivity contribution in [2.45, 2.75) is 13.8 Å². The average molecular weight is 234 g/mol. The van der Waals surface area contributed by atoms with Crippen molar-refractivity contribution >= 4 is 11.5 Å². The predicted molar refractivity (Wildman–Crippen MR) is 62.4 cm³/mol. The van der Waals surface area contributed by atoms with Gasteiger partial charge in [0.05, 0.1) is 30.5 Å². The fourth-order valence-corrected chi connectivity index (χ4v) is 1.71. The molecule has 0 radical (unpaired) electrons. The maximum atomic E-state index is 11.8. The summed E-state index contributed by atoms with van der Waals surface area (Å²) in [5.74, 6) is 0.237. The van der Waals surface area contributed by atoms with E-state index in [0.29, 0.717) is 23.6 Å². The molecule has 0 spiro atoms. The summed E-state index contributed by atoms with van der Waals surface area (Å²) < 4.78 is 11.8. The molecule has 2 rings (SSSR count). The molecule has 2 heterocycles. The van der Waals surface area contributed by atoms with Gasteiger partial charge in [-0.3, -0.25) is 0 Å². The molecule has 0 amide bonds. The van der Waals surface area contributed by atoms with E-state index in [1.54, 1.807) is 30.7 Å². The Morgan fingerprint density at radius 2 is 2.24 bits per heavy atom. The van der Waals surface area contributed by atoms with Crippen LogP contribution in [0.3, 0.4) is 0 Å². The predicted octanol–water partition coefficient (Wildman–Crippen LogP) is 1.83. The van der Waals surface area contributed by atoms with Crippen molar-refractivity contribution < 1.29 is 14.3 Å². The molecule has 90 valence electrons. The van der Waals surface area contributed by atoms with Gasteiger partial charge in [-0.1, -0.05) is 0 Å². The maximum absolute atomic E-state index is 11.8. The van der Waals surface area contributed by atoms with E-state index in [9.17, 15) is 4.79 Å². The average Bonchev–Trinajstić information content (AvgIpc) is 2.69. The number of pyridine rings is 1. The first-order valence-corrected chi connectivity index (χ1v) is 5.38. The number of fused-ring (bicyclic) bond motifs is 1. The van der Waals surface area contributed by atoms with Crippen LogP contribution in [0.5, 0.6) is 5.88 Å². The Morgan fingerprint density at radius 3 is 2.88 bits per heavy atom. The minimum absolute atomic E-state index is 0.347. The zero-order valence-corrected chi connectivity index (χ0v) is 10.1. The van der Waals surface area contributed by atoms with Gasteiger partial charge in [0.25, 0.3) is 0 Å². The van der Waals surface area contributed by atoms with E-state index in [-0.39, 0.29) is 5.97 Å². The van der Waals surface area contributed by atoms with Gasteiger partial charge in [0.2, 0.25) is 5.88 Å². The van der Waals surface area contributed by atoms with E-state index in [2.05, 4.69) is 5.10 Å². The third-order valence-corrected chi connectivity index (χ3v) is 2.41. The van der Waals surface area contributed by atoms with Crippen LogP contribution in [-0.4, -0.2) is 29.3 Å². The summed E-state index contributed by atoms with van der Waals surface area (Å²) in [5.41, 5.74) is 2.01. The number of aryl methyl sites for hydroxylation is 1. The molecule has 2 aromatic heterocycles. The number of carbonyl (C=O) groups is 1. The zero-order chi connectivity index (χ0) is 12.4. The standard InChI is InChI=1S/C12H14N2O3/c1-4-17-12(15)9-5-6-11(16-3)14-10(9)7-8(2)13-14/h5-7H,4H2,1-3H3. The molecule has 0 N–H and O–H groups in total. The largest absolute Gasteiger partial charge is 0.481 e. The van der Waals surface area contributed by atoms with Crippen LogP contribution in [0.4, 0.5) is 0 Å². The molecule has 0 fully saturated rings. The van der Waals surface area contributed by atoms with Crippen molar-refractivity contribution in [2.24, 2.45) is 0 Å². The Bertz CT molecular complexity index is 560. The topological polar surface area (TPSA) is 52.8 Å². The van der Waals surface area contributed by atoms with Crippen LogP contribution in [0.1, 0.15) is 23.0 Å². The van der Waals surface area contributed by atoms with E-state index < -0.39 is 0 Å². The molecule has 2 aromatic rings. The second kappa shape index (κ2) is 4.45. The normalized spacial score (nSPS) is 10.5. The van der Waals surface area contributed by atoms with Gasteiger partial charge in [-0.2, -0.15) is 9.61 Å². The van der Waals surface area contributed by atoms with Gasteiger partial charge in [0.1, 0.15) is 0 Å². The van der Waals surface area contributed by atoms with Gasteiger partial charge in [0.15, 0.2) is 0 Å². The number of aromatic nitrogens is 2. The molecule has 0 unspecified atom stereocenters. The van der Waals surface area contributed by atoms with Crippen LogP contribution >= 0.6 is 0 Å². The summed E-state index contributed by atoms with van der Waals surface area (Å²) in [6.07, 6.45) is 0. The Balaban J connectivity index is 2.61.